The van der Waals surface area contributed by atoms with Gasteiger partial charge in [-0.2, -0.15) is 0 Å². The molecule has 0 aliphatic heterocycles. The van der Waals surface area contributed by atoms with Crippen molar-refractivity contribution in [2.75, 3.05) is 25.0 Å². The molecule has 0 saturated carbocycles. The number of aromatic nitrogens is 1. The first kappa shape index (κ1) is 16.9. The Morgan fingerprint density at radius 2 is 1.96 bits per heavy atom. The summed E-state index contributed by atoms with van der Waals surface area (Å²) in [5.41, 5.74) is 1.27. The molecule has 5 heteroatoms. The zero-order valence-corrected chi connectivity index (χ0v) is 13.6. The topological polar surface area (TPSA) is 45.2 Å². The van der Waals surface area contributed by atoms with Crippen LogP contribution in [0.15, 0.2) is 42.6 Å². The number of hydrogen-bond donors (Lipinski definition) is 1. The van der Waals surface area contributed by atoms with E-state index in [0.29, 0.717) is 43.0 Å². The Balaban J connectivity index is 1.98. The van der Waals surface area contributed by atoms with Crippen molar-refractivity contribution in [3.63, 3.8) is 0 Å². The molecule has 1 aromatic carbocycles. The zero-order chi connectivity index (χ0) is 16.7. The summed E-state index contributed by atoms with van der Waals surface area (Å²) in [5, 5.41) is 3.14. The predicted molar refractivity (Wildman–Crippen MR) is 90.1 cm³/mol. The van der Waals surface area contributed by atoms with Gasteiger partial charge in [0.2, 0.25) is 0 Å². The van der Waals surface area contributed by atoms with Crippen molar-refractivity contribution in [3.05, 3.63) is 59.5 Å². The zero-order valence-electron chi connectivity index (χ0n) is 13.6. The number of hydrogen-bond acceptors (Lipinski definition) is 3. The molecule has 0 atom stereocenters. The lowest BCUT2D eigenvalue weighted by Crippen LogP contribution is -2.30. The second-order valence-corrected chi connectivity index (χ2v) is 5.18. The van der Waals surface area contributed by atoms with E-state index in [1.807, 2.05) is 19.9 Å². The first-order chi connectivity index (χ1) is 11.2. The normalized spacial score (nSPS) is 10.4. The molecule has 0 saturated heterocycles. The van der Waals surface area contributed by atoms with Crippen molar-refractivity contribution in [1.29, 1.82) is 0 Å². The highest BCUT2D eigenvalue weighted by atomic mass is 19.1. The van der Waals surface area contributed by atoms with Gasteiger partial charge in [0.25, 0.3) is 5.91 Å². The van der Waals surface area contributed by atoms with Crippen LogP contribution in [0.25, 0.3) is 0 Å². The fraction of sp³-hybridized carbons (Fsp3) is 0.333. The van der Waals surface area contributed by atoms with Crippen molar-refractivity contribution >= 4 is 11.7 Å². The molecule has 0 radical (unpaired) electrons. The molecular weight excluding hydrogens is 293 g/mol. The maximum absolute atomic E-state index is 13.6. The van der Waals surface area contributed by atoms with Crippen LogP contribution in [0.3, 0.4) is 0 Å². The Labute approximate surface area is 136 Å². The highest BCUT2D eigenvalue weighted by Gasteiger charge is 2.12. The summed E-state index contributed by atoms with van der Waals surface area (Å²) in [4.78, 5) is 18.3. The van der Waals surface area contributed by atoms with Crippen molar-refractivity contribution in [3.8, 4) is 0 Å². The lowest BCUT2D eigenvalue weighted by Gasteiger charge is -2.18. The highest BCUT2D eigenvalue weighted by molar-refractivity contribution is 5.94. The summed E-state index contributed by atoms with van der Waals surface area (Å²) in [5.74, 6) is 0.418. The van der Waals surface area contributed by atoms with E-state index >= 15 is 0 Å². The Hall–Kier alpha value is -2.43. The van der Waals surface area contributed by atoms with Gasteiger partial charge in [-0.25, -0.2) is 9.37 Å². The molecule has 0 fully saturated rings. The molecule has 2 rings (SSSR count). The third kappa shape index (κ3) is 4.52. The minimum Gasteiger partial charge on any atom is -0.370 e. The number of benzene rings is 1. The lowest BCUT2D eigenvalue weighted by atomic mass is 10.1. The Kier molecular flexibility index (Phi) is 6.09. The molecule has 1 amide bonds. The third-order valence-electron chi connectivity index (χ3n) is 3.72. The minimum absolute atomic E-state index is 0.00504. The monoisotopic (exact) mass is 315 g/mol. The summed E-state index contributed by atoms with van der Waals surface area (Å²) >= 11 is 0. The van der Waals surface area contributed by atoms with E-state index in [9.17, 15) is 9.18 Å². The van der Waals surface area contributed by atoms with Gasteiger partial charge in [0.15, 0.2) is 0 Å². The minimum atomic E-state index is -0.201. The lowest BCUT2D eigenvalue weighted by molar-refractivity contribution is 0.0773. The van der Waals surface area contributed by atoms with E-state index in [2.05, 4.69) is 10.3 Å². The maximum atomic E-state index is 13.6. The van der Waals surface area contributed by atoms with Crippen LogP contribution in [0.2, 0.25) is 0 Å². The summed E-state index contributed by atoms with van der Waals surface area (Å²) in [6.45, 7) is 5.81. The average molecular weight is 315 g/mol. The number of rotatable bonds is 7. The van der Waals surface area contributed by atoms with Crippen LogP contribution in [0.4, 0.5) is 10.2 Å². The molecule has 23 heavy (non-hydrogen) atoms. The quantitative estimate of drug-likeness (QED) is 0.852. The van der Waals surface area contributed by atoms with Gasteiger partial charge in [0, 0.05) is 31.4 Å². The molecule has 2 aromatic rings. The number of anilines is 1. The predicted octanol–water partition coefficient (Wildman–Crippen LogP) is 3.36. The van der Waals surface area contributed by atoms with Gasteiger partial charge >= 0.3 is 0 Å². The third-order valence-corrected chi connectivity index (χ3v) is 3.72. The van der Waals surface area contributed by atoms with Crippen molar-refractivity contribution in [1.82, 2.24) is 9.88 Å². The summed E-state index contributed by atoms with van der Waals surface area (Å²) in [6, 6.07) is 10.2. The number of nitrogens with zero attached hydrogens (tertiary/aromatic N) is 2. The standard InChI is InChI=1S/C18H22FN3O/c1-3-22(4-2)18(23)15-10-12-21-17(13-15)20-11-9-14-7-5-6-8-16(14)19/h5-8,10,12-13H,3-4,9,11H2,1-2H3,(H,20,21). The average Bonchev–Trinajstić information content (AvgIpc) is 2.58. The van der Waals surface area contributed by atoms with E-state index in [-0.39, 0.29) is 11.7 Å². The van der Waals surface area contributed by atoms with Crippen molar-refractivity contribution in [2.24, 2.45) is 0 Å². The molecule has 1 N–H and O–H groups in total. The van der Waals surface area contributed by atoms with Crippen LogP contribution in [-0.2, 0) is 6.42 Å². The summed E-state index contributed by atoms with van der Waals surface area (Å²) in [6.07, 6.45) is 2.17. The fourth-order valence-corrected chi connectivity index (χ4v) is 2.38. The first-order valence-corrected chi connectivity index (χ1v) is 7.88. The Bertz CT molecular complexity index is 656. The number of carbonyl (C=O) groups is 1. The molecule has 1 aromatic heterocycles. The van der Waals surface area contributed by atoms with Crippen LogP contribution < -0.4 is 5.32 Å². The van der Waals surface area contributed by atoms with Crippen molar-refractivity contribution in [2.45, 2.75) is 20.3 Å². The van der Waals surface area contributed by atoms with Crippen LogP contribution in [0, 0.1) is 5.82 Å². The molecule has 0 bridgehead atoms. The van der Waals surface area contributed by atoms with Crippen molar-refractivity contribution < 1.29 is 9.18 Å². The number of halogens is 1. The van der Waals surface area contributed by atoms with Crippen LogP contribution in [-0.4, -0.2) is 35.4 Å². The molecule has 0 aliphatic rings. The number of pyridine rings is 1. The second-order valence-electron chi connectivity index (χ2n) is 5.18. The fourth-order valence-electron chi connectivity index (χ4n) is 2.38. The van der Waals surface area contributed by atoms with E-state index < -0.39 is 0 Å². The summed E-state index contributed by atoms with van der Waals surface area (Å²) < 4.78 is 13.6. The molecule has 1 heterocycles. The Morgan fingerprint density at radius 1 is 1.22 bits per heavy atom. The number of carbonyl (C=O) groups excluding carboxylic acids is 1. The Morgan fingerprint density at radius 3 is 2.65 bits per heavy atom. The van der Waals surface area contributed by atoms with Gasteiger partial charge in [-0.05, 0) is 44.0 Å². The molecule has 122 valence electrons. The van der Waals surface area contributed by atoms with Gasteiger partial charge in [-0.3, -0.25) is 4.79 Å². The van der Waals surface area contributed by atoms with Gasteiger partial charge < -0.3 is 10.2 Å². The van der Waals surface area contributed by atoms with E-state index in [1.54, 1.807) is 35.4 Å². The smallest absolute Gasteiger partial charge is 0.254 e. The van der Waals surface area contributed by atoms with E-state index in [4.69, 9.17) is 0 Å². The van der Waals surface area contributed by atoms with Crippen LogP contribution in [0.5, 0.6) is 0 Å². The van der Waals surface area contributed by atoms with E-state index in [0.717, 1.165) is 0 Å². The van der Waals surface area contributed by atoms with Crippen LogP contribution in [0.1, 0.15) is 29.8 Å². The van der Waals surface area contributed by atoms with Crippen LogP contribution >= 0.6 is 0 Å². The summed E-state index contributed by atoms with van der Waals surface area (Å²) in [7, 11) is 0. The largest absolute Gasteiger partial charge is 0.370 e. The number of amides is 1. The number of nitrogens with one attached hydrogen (secondary N) is 1. The highest BCUT2D eigenvalue weighted by Crippen LogP contribution is 2.11. The second kappa shape index (κ2) is 8.27. The molecule has 0 aliphatic carbocycles. The molecule has 0 unspecified atom stereocenters. The van der Waals surface area contributed by atoms with Gasteiger partial charge in [-0.1, -0.05) is 18.2 Å². The van der Waals surface area contributed by atoms with Gasteiger partial charge in [-0.15, -0.1) is 0 Å². The first-order valence-electron chi connectivity index (χ1n) is 7.88. The molecule has 0 spiro atoms. The maximum Gasteiger partial charge on any atom is 0.254 e. The van der Waals surface area contributed by atoms with E-state index in [1.165, 1.54) is 6.07 Å². The molecule has 4 nitrogen and oxygen atoms in total. The SMILES string of the molecule is CCN(CC)C(=O)c1ccnc(NCCc2ccccc2F)c1. The van der Waals surface area contributed by atoms with Gasteiger partial charge in [0.05, 0.1) is 0 Å². The molecular formula is C18H22FN3O. The van der Waals surface area contributed by atoms with Gasteiger partial charge in [0.1, 0.15) is 11.6 Å².